The lowest BCUT2D eigenvalue weighted by molar-refractivity contribution is 0.0828. The highest BCUT2D eigenvalue weighted by molar-refractivity contribution is 5.98. The van der Waals surface area contributed by atoms with E-state index >= 15 is 0 Å². The maximum Gasteiger partial charge on any atom is 0.258 e. The SMILES string of the molecule is Cc1ncccc1CNc1[nH]ncc1C(=O)N(C)C. The van der Waals surface area contributed by atoms with Gasteiger partial charge in [-0.2, -0.15) is 5.10 Å². The molecule has 100 valence electrons. The van der Waals surface area contributed by atoms with E-state index in [1.165, 1.54) is 11.1 Å². The maximum atomic E-state index is 11.9. The summed E-state index contributed by atoms with van der Waals surface area (Å²) in [7, 11) is 3.43. The number of nitrogens with one attached hydrogen (secondary N) is 2. The standard InChI is InChI=1S/C13H17N5O/c1-9-10(5-4-6-14-9)7-15-12-11(8-16-17-12)13(19)18(2)3/h4-6,8H,7H2,1-3H3,(H2,15,16,17). The molecule has 0 aliphatic rings. The van der Waals surface area contributed by atoms with Gasteiger partial charge >= 0.3 is 0 Å². The molecule has 2 rings (SSSR count). The molecule has 2 aromatic rings. The van der Waals surface area contributed by atoms with Gasteiger partial charge in [-0.15, -0.1) is 0 Å². The quantitative estimate of drug-likeness (QED) is 0.871. The molecule has 0 radical (unpaired) electrons. The Hall–Kier alpha value is -2.37. The van der Waals surface area contributed by atoms with E-state index in [0.717, 1.165) is 11.3 Å². The van der Waals surface area contributed by atoms with Crippen LogP contribution < -0.4 is 5.32 Å². The number of aromatic nitrogens is 3. The van der Waals surface area contributed by atoms with Crippen LogP contribution in [-0.4, -0.2) is 40.1 Å². The molecule has 0 saturated carbocycles. The first-order valence-electron chi connectivity index (χ1n) is 5.99. The van der Waals surface area contributed by atoms with Crippen molar-refractivity contribution in [2.24, 2.45) is 0 Å². The third-order valence-corrected chi connectivity index (χ3v) is 2.85. The van der Waals surface area contributed by atoms with Gasteiger partial charge in [-0.05, 0) is 18.6 Å². The number of aromatic amines is 1. The van der Waals surface area contributed by atoms with E-state index in [-0.39, 0.29) is 5.91 Å². The number of pyridine rings is 1. The molecule has 0 spiro atoms. The molecule has 0 atom stereocenters. The minimum absolute atomic E-state index is 0.0841. The summed E-state index contributed by atoms with van der Waals surface area (Å²) in [5.74, 6) is 0.543. The zero-order chi connectivity index (χ0) is 13.8. The van der Waals surface area contributed by atoms with Crippen molar-refractivity contribution in [3.63, 3.8) is 0 Å². The molecule has 19 heavy (non-hydrogen) atoms. The summed E-state index contributed by atoms with van der Waals surface area (Å²) < 4.78 is 0. The molecule has 0 saturated heterocycles. The summed E-state index contributed by atoms with van der Waals surface area (Å²) in [4.78, 5) is 17.7. The highest BCUT2D eigenvalue weighted by Crippen LogP contribution is 2.14. The zero-order valence-corrected chi connectivity index (χ0v) is 11.3. The van der Waals surface area contributed by atoms with E-state index in [1.807, 2.05) is 19.1 Å². The van der Waals surface area contributed by atoms with Gasteiger partial charge in [-0.3, -0.25) is 14.9 Å². The van der Waals surface area contributed by atoms with Crippen molar-refractivity contribution < 1.29 is 4.79 Å². The van der Waals surface area contributed by atoms with Crippen LogP contribution >= 0.6 is 0 Å². The van der Waals surface area contributed by atoms with Crippen LogP contribution in [0.1, 0.15) is 21.6 Å². The summed E-state index contributed by atoms with van der Waals surface area (Å²) in [6, 6.07) is 3.89. The molecule has 6 nitrogen and oxygen atoms in total. The first-order valence-corrected chi connectivity index (χ1v) is 5.99. The Morgan fingerprint density at radius 2 is 2.26 bits per heavy atom. The van der Waals surface area contributed by atoms with E-state index in [1.54, 1.807) is 20.3 Å². The molecule has 0 bridgehead atoms. The smallest absolute Gasteiger partial charge is 0.258 e. The van der Waals surface area contributed by atoms with Crippen LogP contribution in [0.5, 0.6) is 0 Å². The van der Waals surface area contributed by atoms with Crippen molar-refractivity contribution in [1.29, 1.82) is 0 Å². The number of nitrogens with zero attached hydrogens (tertiary/aromatic N) is 3. The van der Waals surface area contributed by atoms with Crippen LogP contribution in [0.2, 0.25) is 0 Å². The third-order valence-electron chi connectivity index (χ3n) is 2.85. The number of rotatable bonds is 4. The average molecular weight is 259 g/mol. The fourth-order valence-corrected chi connectivity index (χ4v) is 1.71. The lowest BCUT2D eigenvalue weighted by Crippen LogP contribution is -2.22. The van der Waals surface area contributed by atoms with E-state index in [2.05, 4.69) is 20.5 Å². The van der Waals surface area contributed by atoms with Crippen LogP contribution in [0, 0.1) is 6.92 Å². The highest BCUT2D eigenvalue weighted by atomic mass is 16.2. The molecule has 0 unspecified atom stereocenters. The van der Waals surface area contributed by atoms with Gasteiger partial charge in [-0.25, -0.2) is 0 Å². The number of H-pyrrole nitrogens is 1. The molecule has 2 aromatic heterocycles. The number of aryl methyl sites for hydroxylation is 1. The first kappa shape index (κ1) is 13.1. The van der Waals surface area contributed by atoms with Gasteiger partial charge in [0.2, 0.25) is 0 Å². The minimum atomic E-state index is -0.0841. The Morgan fingerprint density at radius 3 is 2.95 bits per heavy atom. The molecule has 2 N–H and O–H groups in total. The van der Waals surface area contributed by atoms with E-state index in [0.29, 0.717) is 17.9 Å². The van der Waals surface area contributed by atoms with Gasteiger partial charge in [0.15, 0.2) is 0 Å². The van der Waals surface area contributed by atoms with Gasteiger partial charge in [0.1, 0.15) is 11.4 Å². The van der Waals surface area contributed by atoms with Crippen molar-refractivity contribution in [2.45, 2.75) is 13.5 Å². The summed E-state index contributed by atoms with van der Waals surface area (Å²) in [6.45, 7) is 2.55. The van der Waals surface area contributed by atoms with Crippen molar-refractivity contribution in [1.82, 2.24) is 20.1 Å². The zero-order valence-electron chi connectivity index (χ0n) is 11.3. The monoisotopic (exact) mass is 259 g/mol. The van der Waals surface area contributed by atoms with Crippen molar-refractivity contribution >= 4 is 11.7 Å². The molecular formula is C13H17N5O. The number of carbonyl (C=O) groups is 1. The normalized spacial score (nSPS) is 10.3. The minimum Gasteiger partial charge on any atom is -0.366 e. The van der Waals surface area contributed by atoms with Crippen molar-refractivity contribution in [3.05, 3.63) is 41.3 Å². The van der Waals surface area contributed by atoms with Crippen molar-refractivity contribution in [2.75, 3.05) is 19.4 Å². The van der Waals surface area contributed by atoms with Crippen LogP contribution in [0.4, 0.5) is 5.82 Å². The Labute approximate surface area is 111 Å². The average Bonchev–Trinajstić information content (AvgIpc) is 2.85. The fraction of sp³-hybridized carbons (Fsp3) is 0.308. The Balaban J connectivity index is 2.11. The largest absolute Gasteiger partial charge is 0.366 e. The van der Waals surface area contributed by atoms with Gasteiger partial charge in [0.25, 0.3) is 5.91 Å². The molecule has 0 aromatic carbocycles. The highest BCUT2D eigenvalue weighted by Gasteiger charge is 2.15. The van der Waals surface area contributed by atoms with Crippen LogP contribution in [0.3, 0.4) is 0 Å². The number of carbonyl (C=O) groups excluding carboxylic acids is 1. The summed E-state index contributed by atoms with van der Waals surface area (Å²) >= 11 is 0. The second kappa shape index (κ2) is 5.51. The number of anilines is 1. The van der Waals surface area contributed by atoms with Crippen LogP contribution in [-0.2, 0) is 6.54 Å². The maximum absolute atomic E-state index is 11.9. The third kappa shape index (κ3) is 2.90. The number of hydrogen-bond donors (Lipinski definition) is 2. The predicted molar refractivity (Wildman–Crippen MR) is 72.9 cm³/mol. The summed E-state index contributed by atoms with van der Waals surface area (Å²) in [5, 5.41) is 9.89. The molecule has 0 aliphatic heterocycles. The van der Waals surface area contributed by atoms with E-state index in [9.17, 15) is 4.79 Å². The lowest BCUT2D eigenvalue weighted by Gasteiger charge is -2.11. The molecule has 6 heteroatoms. The molecule has 0 aliphatic carbocycles. The summed E-state index contributed by atoms with van der Waals surface area (Å²) in [6.07, 6.45) is 3.29. The molecular weight excluding hydrogens is 242 g/mol. The predicted octanol–water partition coefficient (Wildman–Crippen LogP) is 1.43. The Morgan fingerprint density at radius 1 is 1.47 bits per heavy atom. The fourth-order valence-electron chi connectivity index (χ4n) is 1.71. The Bertz CT molecular complexity index is 576. The van der Waals surface area contributed by atoms with Gasteiger partial charge in [0.05, 0.1) is 6.20 Å². The van der Waals surface area contributed by atoms with E-state index in [4.69, 9.17) is 0 Å². The second-order valence-electron chi connectivity index (χ2n) is 4.46. The van der Waals surface area contributed by atoms with Gasteiger partial charge in [0, 0.05) is 32.5 Å². The van der Waals surface area contributed by atoms with Crippen molar-refractivity contribution in [3.8, 4) is 0 Å². The van der Waals surface area contributed by atoms with Gasteiger partial charge < -0.3 is 10.2 Å². The van der Waals surface area contributed by atoms with Crippen LogP contribution in [0.25, 0.3) is 0 Å². The lowest BCUT2D eigenvalue weighted by atomic mass is 10.2. The first-order chi connectivity index (χ1) is 9.09. The molecule has 0 fully saturated rings. The topological polar surface area (TPSA) is 73.9 Å². The summed E-state index contributed by atoms with van der Waals surface area (Å²) in [5.41, 5.74) is 2.59. The van der Waals surface area contributed by atoms with Gasteiger partial charge in [-0.1, -0.05) is 6.07 Å². The Kier molecular flexibility index (Phi) is 3.79. The second-order valence-corrected chi connectivity index (χ2v) is 4.46. The van der Waals surface area contributed by atoms with Crippen LogP contribution in [0.15, 0.2) is 24.5 Å². The van der Waals surface area contributed by atoms with E-state index < -0.39 is 0 Å². The number of amides is 1. The number of hydrogen-bond acceptors (Lipinski definition) is 4. The molecule has 1 amide bonds. The molecule has 2 heterocycles.